The molecule has 7 nitrogen and oxygen atoms in total. The van der Waals surface area contributed by atoms with Gasteiger partial charge >= 0.3 is 5.97 Å². The minimum atomic E-state index is -0.612. The number of anilines is 1. The molecule has 0 radical (unpaired) electrons. The number of ether oxygens (including phenoxy) is 2. The number of amides is 2. The van der Waals surface area contributed by atoms with Crippen molar-refractivity contribution in [2.45, 2.75) is 0 Å². The van der Waals surface area contributed by atoms with E-state index in [1.807, 2.05) is 24.3 Å². The molecular formula is C19H16N2O5. The zero-order chi connectivity index (χ0) is 18.5. The van der Waals surface area contributed by atoms with Crippen molar-refractivity contribution in [3.63, 3.8) is 0 Å². The molecule has 1 aliphatic heterocycles. The van der Waals surface area contributed by atoms with Gasteiger partial charge in [0.15, 0.2) is 6.61 Å². The largest absolute Gasteiger partial charge is 0.488 e. The summed E-state index contributed by atoms with van der Waals surface area (Å²) in [6.07, 6.45) is 1.68. The Balaban J connectivity index is 1.54. The van der Waals surface area contributed by atoms with Crippen LogP contribution in [0, 0.1) is 0 Å². The highest BCUT2D eigenvalue weighted by Crippen LogP contribution is 2.26. The third-order valence-electron chi connectivity index (χ3n) is 3.68. The summed E-state index contributed by atoms with van der Waals surface area (Å²) in [5, 5.41) is 2.56. The Morgan fingerprint density at radius 3 is 2.54 bits per heavy atom. The number of nitrogens with one attached hydrogen (secondary N) is 1. The van der Waals surface area contributed by atoms with Crippen LogP contribution in [0.5, 0.6) is 5.75 Å². The summed E-state index contributed by atoms with van der Waals surface area (Å²) >= 11 is 0. The third kappa shape index (κ3) is 4.07. The van der Waals surface area contributed by atoms with Crippen molar-refractivity contribution >= 4 is 29.5 Å². The fourth-order valence-electron chi connectivity index (χ4n) is 2.37. The number of hydrogen-bond acceptors (Lipinski definition) is 5. The maximum atomic E-state index is 12.1. The van der Waals surface area contributed by atoms with Gasteiger partial charge in [-0.05, 0) is 36.4 Å². The first-order chi connectivity index (χ1) is 12.5. The van der Waals surface area contributed by atoms with Crippen molar-refractivity contribution in [3.8, 4) is 5.75 Å². The number of carbonyl (C=O) groups is 3. The first-order valence-electron chi connectivity index (χ1n) is 7.82. The summed E-state index contributed by atoms with van der Waals surface area (Å²) in [6.45, 7) is -0.346. The van der Waals surface area contributed by atoms with Gasteiger partial charge < -0.3 is 20.5 Å². The second kappa shape index (κ2) is 7.52. The molecule has 0 unspecified atom stereocenters. The Morgan fingerprint density at radius 1 is 1.08 bits per heavy atom. The lowest BCUT2D eigenvalue weighted by atomic mass is 10.1. The molecule has 26 heavy (non-hydrogen) atoms. The molecular weight excluding hydrogens is 336 g/mol. The van der Waals surface area contributed by atoms with Gasteiger partial charge in [-0.15, -0.1) is 0 Å². The van der Waals surface area contributed by atoms with Gasteiger partial charge in [-0.3, -0.25) is 9.59 Å². The summed E-state index contributed by atoms with van der Waals surface area (Å²) in [5.74, 6) is -0.968. The second-order valence-corrected chi connectivity index (χ2v) is 5.56. The molecule has 3 rings (SSSR count). The monoisotopic (exact) mass is 352 g/mol. The van der Waals surface area contributed by atoms with Gasteiger partial charge in [0.1, 0.15) is 12.4 Å². The molecule has 132 valence electrons. The van der Waals surface area contributed by atoms with Crippen LogP contribution >= 0.6 is 0 Å². The SMILES string of the molecule is NC(=O)c1ccc(NC(=O)COC(=O)C2=Cc3ccccc3OC2)cc1. The van der Waals surface area contributed by atoms with Gasteiger partial charge in [-0.1, -0.05) is 18.2 Å². The van der Waals surface area contributed by atoms with Gasteiger partial charge in [0.05, 0.1) is 5.57 Å². The average Bonchev–Trinajstić information content (AvgIpc) is 2.66. The van der Waals surface area contributed by atoms with Crippen molar-refractivity contribution in [1.82, 2.24) is 0 Å². The van der Waals surface area contributed by atoms with E-state index in [0.29, 0.717) is 22.6 Å². The van der Waals surface area contributed by atoms with E-state index in [-0.39, 0.29) is 6.61 Å². The number of carbonyl (C=O) groups excluding carboxylic acids is 3. The Bertz CT molecular complexity index is 887. The van der Waals surface area contributed by atoms with E-state index in [2.05, 4.69) is 5.32 Å². The summed E-state index contributed by atoms with van der Waals surface area (Å²) in [5.41, 5.74) is 7.06. The molecule has 0 saturated heterocycles. The lowest BCUT2D eigenvalue weighted by molar-refractivity contribution is -0.143. The normalized spacial score (nSPS) is 12.2. The topological polar surface area (TPSA) is 108 Å². The van der Waals surface area contributed by atoms with E-state index >= 15 is 0 Å². The number of esters is 1. The van der Waals surface area contributed by atoms with E-state index < -0.39 is 24.4 Å². The number of hydrogen-bond donors (Lipinski definition) is 2. The molecule has 0 atom stereocenters. The van der Waals surface area contributed by atoms with Crippen molar-refractivity contribution < 1.29 is 23.9 Å². The predicted molar refractivity (Wildman–Crippen MR) is 94.5 cm³/mol. The van der Waals surface area contributed by atoms with Crippen LogP contribution in [0.25, 0.3) is 6.08 Å². The Morgan fingerprint density at radius 2 is 1.81 bits per heavy atom. The van der Waals surface area contributed by atoms with Gasteiger partial charge in [0, 0.05) is 16.8 Å². The van der Waals surface area contributed by atoms with Crippen LogP contribution in [0.4, 0.5) is 5.69 Å². The molecule has 2 aromatic rings. The van der Waals surface area contributed by atoms with Crippen LogP contribution in [0.1, 0.15) is 15.9 Å². The molecule has 0 bridgehead atoms. The second-order valence-electron chi connectivity index (χ2n) is 5.56. The molecule has 2 amide bonds. The summed E-state index contributed by atoms with van der Waals surface area (Å²) in [4.78, 5) is 35.0. The molecule has 1 heterocycles. The van der Waals surface area contributed by atoms with Crippen molar-refractivity contribution in [2.75, 3.05) is 18.5 Å². The highest BCUT2D eigenvalue weighted by Gasteiger charge is 2.19. The van der Waals surface area contributed by atoms with Crippen LogP contribution in [-0.4, -0.2) is 31.0 Å². The van der Waals surface area contributed by atoms with Crippen LogP contribution in [-0.2, 0) is 14.3 Å². The van der Waals surface area contributed by atoms with Crippen molar-refractivity contribution in [2.24, 2.45) is 5.73 Å². The fourth-order valence-corrected chi connectivity index (χ4v) is 2.37. The Kier molecular flexibility index (Phi) is 4.98. The van der Waals surface area contributed by atoms with E-state index in [9.17, 15) is 14.4 Å². The molecule has 0 saturated carbocycles. The molecule has 0 spiro atoms. The van der Waals surface area contributed by atoms with Gasteiger partial charge in [-0.25, -0.2) is 4.79 Å². The van der Waals surface area contributed by atoms with E-state index in [0.717, 1.165) is 5.56 Å². The smallest absolute Gasteiger partial charge is 0.338 e. The van der Waals surface area contributed by atoms with E-state index in [1.165, 1.54) is 24.3 Å². The van der Waals surface area contributed by atoms with Crippen LogP contribution in [0.2, 0.25) is 0 Å². The standard InChI is InChI=1S/C19H16N2O5/c20-18(23)12-5-7-15(8-6-12)21-17(22)11-26-19(24)14-9-13-3-1-2-4-16(13)25-10-14/h1-9H,10-11H2,(H2,20,23)(H,21,22). The average molecular weight is 352 g/mol. The number of para-hydroxylation sites is 1. The molecule has 3 N–H and O–H groups in total. The molecule has 2 aromatic carbocycles. The predicted octanol–water partition coefficient (Wildman–Crippen LogP) is 1.74. The molecule has 0 fully saturated rings. The summed E-state index contributed by atoms with van der Waals surface area (Å²) in [7, 11) is 0. The third-order valence-corrected chi connectivity index (χ3v) is 3.68. The number of fused-ring (bicyclic) bond motifs is 1. The van der Waals surface area contributed by atoms with Crippen LogP contribution in [0.15, 0.2) is 54.1 Å². The number of benzene rings is 2. The molecule has 0 aromatic heterocycles. The maximum Gasteiger partial charge on any atom is 0.338 e. The lowest BCUT2D eigenvalue weighted by Crippen LogP contribution is -2.24. The fraction of sp³-hybridized carbons (Fsp3) is 0.105. The van der Waals surface area contributed by atoms with Gasteiger partial charge in [0.2, 0.25) is 5.91 Å². The Labute approximate surface area is 149 Å². The minimum Gasteiger partial charge on any atom is -0.488 e. The molecule has 1 aliphatic rings. The Hall–Kier alpha value is -3.61. The zero-order valence-corrected chi connectivity index (χ0v) is 13.7. The van der Waals surface area contributed by atoms with Crippen molar-refractivity contribution in [1.29, 1.82) is 0 Å². The van der Waals surface area contributed by atoms with E-state index in [1.54, 1.807) is 6.08 Å². The lowest BCUT2D eigenvalue weighted by Gasteiger charge is -2.16. The van der Waals surface area contributed by atoms with E-state index in [4.69, 9.17) is 15.2 Å². The highest BCUT2D eigenvalue weighted by atomic mass is 16.5. The molecule has 7 heteroatoms. The number of primary amides is 1. The zero-order valence-electron chi connectivity index (χ0n) is 13.7. The first kappa shape index (κ1) is 17.2. The van der Waals surface area contributed by atoms with Gasteiger partial charge in [-0.2, -0.15) is 0 Å². The summed E-state index contributed by atoms with van der Waals surface area (Å²) < 4.78 is 10.5. The summed E-state index contributed by atoms with van der Waals surface area (Å²) in [6, 6.07) is 13.4. The first-order valence-corrected chi connectivity index (χ1v) is 7.82. The van der Waals surface area contributed by atoms with Crippen LogP contribution in [0.3, 0.4) is 0 Å². The number of rotatable bonds is 5. The van der Waals surface area contributed by atoms with Gasteiger partial charge in [0.25, 0.3) is 5.91 Å². The quantitative estimate of drug-likeness (QED) is 0.797. The highest BCUT2D eigenvalue weighted by molar-refractivity contribution is 5.98. The van der Waals surface area contributed by atoms with Crippen LogP contribution < -0.4 is 15.8 Å². The maximum absolute atomic E-state index is 12.1. The number of nitrogens with two attached hydrogens (primary N) is 1. The minimum absolute atomic E-state index is 0.0893. The van der Waals surface area contributed by atoms with Crippen molar-refractivity contribution in [3.05, 3.63) is 65.2 Å². The molecule has 0 aliphatic carbocycles.